The molecule has 1 fully saturated rings. The smallest absolute Gasteiger partial charge is 0.260 e. The minimum Gasteiger partial charge on any atom is -0.297 e. The van der Waals surface area contributed by atoms with Gasteiger partial charge in [0.05, 0.1) is 18.5 Å². The predicted molar refractivity (Wildman–Crippen MR) is 85.8 cm³/mol. The maximum atomic E-state index is 12.6. The van der Waals surface area contributed by atoms with Gasteiger partial charge in [-0.1, -0.05) is 48.5 Å². The van der Waals surface area contributed by atoms with E-state index < -0.39 is 23.7 Å². The van der Waals surface area contributed by atoms with Gasteiger partial charge in [0.2, 0.25) is 5.91 Å². The Hall–Kier alpha value is -3.26. The highest BCUT2D eigenvalue weighted by molar-refractivity contribution is 6.12. The first-order valence-corrected chi connectivity index (χ1v) is 7.51. The molecule has 0 unspecified atom stereocenters. The molecule has 1 heterocycles. The van der Waals surface area contributed by atoms with Crippen molar-refractivity contribution in [2.24, 2.45) is 5.92 Å². The van der Waals surface area contributed by atoms with E-state index in [4.69, 9.17) is 0 Å². The fourth-order valence-electron chi connectivity index (χ4n) is 2.91. The van der Waals surface area contributed by atoms with Gasteiger partial charge in [0.15, 0.2) is 5.78 Å². The molecule has 118 valence electrons. The SMILES string of the molecule is N#C[C@@H]1C(=O)N(C(=O)c2ccccc2)CC(=O)[C@H]1c1ccccc1. The van der Waals surface area contributed by atoms with E-state index in [1.54, 1.807) is 60.7 Å². The Morgan fingerprint density at radius 3 is 2.17 bits per heavy atom. The number of rotatable bonds is 2. The van der Waals surface area contributed by atoms with Gasteiger partial charge in [-0.15, -0.1) is 0 Å². The van der Waals surface area contributed by atoms with Crippen LogP contribution in [0.2, 0.25) is 0 Å². The lowest BCUT2D eigenvalue weighted by molar-refractivity contribution is -0.142. The molecule has 0 saturated carbocycles. The molecule has 0 radical (unpaired) electrons. The topological polar surface area (TPSA) is 78.2 Å². The fraction of sp³-hybridized carbons (Fsp3) is 0.158. The first kappa shape index (κ1) is 15.6. The van der Waals surface area contributed by atoms with Gasteiger partial charge >= 0.3 is 0 Å². The summed E-state index contributed by atoms with van der Waals surface area (Å²) in [4.78, 5) is 38.6. The molecule has 3 rings (SSSR count). The Morgan fingerprint density at radius 2 is 1.58 bits per heavy atom. The van der Waals surface area contributed by atoms with Crippen LogP contribution in [0.25, 0.3) is 0 Å². The summed E-state index contributed by atoms with van der Waals surface area (Å²) in [5, 5.41) is 9.42. The molecule has 5 nitrogen and oxygen atoms in total. The summed E-state index contributed by atoms with van der Waals surface area (Å²) < 4.78 is 0. The molecule has 0 aliphatic carbocycles. The van der Waals surface area contributed by atoms with Crippen LogP contribution in [0.5, 0.6) is 0 Å². The number of Topliss-reactive ketones (excluding diaryl/α,β-unsaturated/α-hetero) is 1. The predicted octanol–water partition coefficient (Wildman–Crippen LogP) is 2.16. The van der Waals surface area contributed by atoms with Crippen molar-refractivity contribution < 1.29 is 14.4 Å². The second kappa shape index (κ2) is 6.47. The van der Waals surface area contributed by atoms with Gasteiger partial charge in [-0.25, -0.2) is 0 Å². The highest BCUT2D eigenvalue weighted by Gasteiger charge is 2.45. The lowest BCUT2D eigenvalue weighted by atomic mass is 9.79. The van der Waals surface area contributed by atoms with Crippen LogP contribution in [0, 0.1) is 17.2 Å². The lowest BCUT2D eigenvalue weighted by Gasteiger charge is -2.32. The Bertz CT molecular complexity index is 825. The van der Waals surface area contributed by atoms with Crippen LogP contribution < -0.4 is 0 Å². The van der Waals surface area contributed by atoms with Crippen molar-refractivity contribution in [1.29, 1.82) is 5.26 Å². The summed E-state index contributed by atoms with van der Waals surface area (Å²) in [5.74, 6) is -3.51. The minimum absolute atomic E-state index is 0.309. The summed E-state index contributed by atoms with van der Waals surface area (Å²) in [5.41, 5.74) is 0.933. The number of benzene rings is 2. The number of imide groups is 1. The monoisotopic (exact) mass is 318 g/mol. The summed E-state index contributed by atoms with van der Waals surface area (Å²) in [6.07, 6.45) is 0. The number of likely N-dealkylation sites (tertiary alicyclic amines) is 1. The summed E-state index contributed by atoms with van der Waals surface area (Å²) in [6.45, 7) is -0.315. The van der Waals surface area contributed by atoms with Crippen LogP contribution in [-0.4, -0.2) is 29.0 Å². The number of nitriles is 1. The van der Waals surface area contributed by atoms with Gasteiger partial charge < -0.3 is 0 Å². The largest absolute Gasteiger partial charge is 0.297 e. The summed E-state index contributed by atoms with van der Waals surface area (Å²) in [7, 11) is 0. The van der Waals surface area contributed by atoms with Crippen LogP contribution in [-0.2, 0) is 9.59 Å². The van der Waals surface area contributed by atoms with Crippen molar-refractivity contribution in [3.8, 4) is 6.07 Å². The van der Waals surface area contributed by atoms with Crippen LogP contribution in [0.3, 0.4) is 0 Å². The molecule has 2 atom stereocenters. The number of hydrogen-bond acceptors (Lipinski definition) is 4. The number of piperidine rings is 1. The second-order valence-corrected chi connectivity index (χ2v) is 5.56. The summed E-state index contributed by atoms with van der Waals surface area (Å²) >= 11 is 0. The van der Waals surface area contributed by atoms with Gasteiger partial charge in [-0.2, -0.15) is 5.26 Å². The van der Waals surface area contributed by atoms with Crippen LogP contribution in [0.1, 0.15) is 21.8 Å². The lowest BCUT2D eigenvalue weighted by Crippen LogP contribution is -2.52. The second-order valence-electron chi connectivity index (χ2n) is 5.56. The molecule has 0 N–H and O–H groups in total. The molecular formula is C19H14N2O3. The van der Waals surface area contributed by atoms with Gasteiger partial charge in [-0.3, -0.25) is 19.3 Å². The Kier molecular flexibility index (Phi) is 4.21. The van der Waals surface area contributed by atoms with Crippen molar-refractivity contribution >= 4 is 17.6 Å². The minimum atomic E-state index is -1.19. The van der Waals surface area contributed by atoms with Crippen molar-refractivity contribution in [2.45, 2.75) is 5.92 Å². The maximum absolute atomic E-state index is 12.6. The zero-order valence-corrected chi connectivity index (χ0v) is 12.8. The average molecular weight is 318 g/mol. The molecule has 0 spiro atoms. The zero-order valence-electron chi connectivity index (χ0n) is 12.8. The molecule has 0 aromatic heterocycles. The van der Waals surface area contributed by atoms with E-state index in [0.717, 1.165) is 4.90 Å². The van der Waals surface area contributed by atoms with Crippen molar-refractivity contribution in [2.75, 3.05) is 6.54 Å². The molecule has 5 heteroatoms. The highest BCUT2D eigenvalue weighted by atomic mass is 16.2. The molecular weight excluding hydrogens is 304 g/mol. The number of carbonyl (C=O) groups excluding carboxylic acids is 3. The molecule has 2 aromatic carbocycles. The normalized spacial score (nSPS) is 20.5. The van der Waals surface area contributed by atoms with Crippen LogP contribution in [0.4, 0.5) is 0 Å². The highest BCUT2D eigenvalue weighted by Crippen LogP contribution is 2.31. The van der Waals surface area contributed by atoms with E-state index in [1.165, 1.54) is 0 Å². The Balaban J connectivity index is 1.93. The first-order valence-electron chi connectivity index (χ1n) is 7.51. The molecule has 2 amide bonds. The van der Waals surface area contributed by atoms with Gasteiger partial charge in [0.1, 0.15) is 5.92 Å². The van der Waals surface area contributed by atoms with E-state index in [1.807, 2.05) is 6.07 Å². The molecule has 24 heavy (non-hydrogen) atoms. The van der Waals surface area contributed by atoms with Gasteiger partial charge in [0, 0.05) is 5.56 Å². The van der Waals surface area contributed by atoms with Gasteiger partial charge in [-0.05, 0) is 17.7 Å². The van der Waals surface area contributed by atoms with Crippen molar-refractivity contribution in [3.63, 3.8) is 0 Å². The van der Waals surface area contributed by atoms with E-state index >= 15 is 0 Å². The fourth-order valence-corrected chi connectivity index (χ4v) is 2.91. The average Bonchev–Trinajstić information content (AvgIpc) is 2.63. The van der Waals surface area contributed by atoms with E-state index in [2.05, 4.69) is 0 Å². The molecule has 1 aliphatic rings. The first-order chi connectivity index (χ1) is 11.6. The van der Waals surface area contributed by atoms with Crippen LogP contribution >= 0.6 is 0 Å². The third kappa shape index (κ3) is 2.70. The van der Waals surface area contributed by atoms with E-state index in [0.29, 0.717) is 11.1 Å². The standard InChI is InChI=1S/C19H14N2O3/c20-11-15-17(13-7-3-1-4-8-13)16(22)12-21(19(15)24)18(23)14-9-5-2-6-10-14/h1-10,15,17H,12H2/t15-,17-/m0/s1. The Morgan fingerprint density at radius 1 is 1.00 bits per heavy atom. The van der Waals surface area contributed by atoms with Crippen molar-refractivity contribution in [1.82, 2.24) is 4.90 Å². The zero-order chi connectivity index (χ0) is 17.1. The number of hydrogen-bond donors (Lipinski definition) is 0. The van der Waals surface area contributed by atoms with E-state index in [-0.39, 0.29) is 12.3 Å². The summed E-state index contributed by atoms with van der Waals surface area (Å²) in [6, 6.07) is 18.9. The third-order valence-corrected chi connectivity index (χ3v) is 4.09. The molecule has 0 bridgehead atoms. The molecule has 1 saturated heterocycles. The molecule has 1 aliphatic heterocycles. The van der Waals surface area contributed by atoms with Crippen LogP contribution in [0.15, 0.2) is 60.7 Å². The van der Waals surface area contributed by atoms with E-state index in [9.17, 15) is 19.6 Å². The molecule has 2 aromatic rings. The maximum Gasteiger partial charge on any atom is 0.260 e. The number of amides is 2. The number of nitrogens with zero attached hydrogens (tertiary/aromatic N) is 2. The quantitative estimate of drug-likeness (QED) is 0.795. The van der Waals surface area contributed by atoms with Gasteiger partial charge in [0.25, 0.3) is 5.91 Å². The number of carbonyl (C=O) groups is 3. The Labute approximate surface area is 139 Å². The third-order valence-electron chi connectivity index (χ3n) is 4.09. The van der Waals surface area contributed by atoms with Crippen molar-refractivity contribution in [3.05, 3.63) is 71.8 Å². The number of ketones is 1.